The molecule has 17 heavy (non-hydrogen) atoms. The lowest BCUT2D eigenvalue weighted by atomic mass is 10.0. The smallest absolute Gasteiger partial charge is 0.309 e. The zero-order valence-electron chi connectivity index (χ0n) is 10.9. The standard InChI is InChI=1S/C15H24O2/c1-14-10-8-6-4-2-3-5-7-9-11-15(16)17-13-12-14/h2,4,7,9,14H,3,5-6,8,10-13H2,1H3. The Balaban J connectivity index is 2.36. The van der Waals surface area contributed by atoms with Gasteiger partial charge in [-0.2, -0.15) is 0 Å². The van der Waals surface area contributed by atoms with Crippen LogP contribution in [0.3, 0.4) is 0 Å². The van der Waals surface area contributed by atoms with Crippen LogP contribution >= 0.6 is 0 Å². The van der Waals surface area contributed by atoms with Gasteiger partial charge >= 0.3 is 5.97 Å². The minimum Gasteiger partial charge on any atom is -0.465 e. The summed E-state index contributed by atoms with van der Waals surface area (Å²) in [6, 6.07) is 0. The van der Waals surface area contributed by atoms with Crippen LogP contribution in [-0.4, -0.2) is 12.6 Å². The molecule has 0 bridgehead atoms. The molecule has 0 saturated carbocycles. The number of esters is 1. The SMILES string of the molecule is CC1CCCC=CCCC=CCC(=O)OCC1. The Morgan fingerprint density at radius 3 is 2.59 bits per heavy atom. The highest BCUT2D eigenvalue weighted by Gasteiger charge is 2.04. The van der Waals surface area contributed by atoms with E-state index < -0.39 is 0 Å². The van der Waals surface area contributed by atoms with E-state index in [1.165, 1.54) is 19.3 Å². The Hall–Kier alpha value is -1.05. The van der Waals surface area contributed by atoms with Crippen molar-refractivity contribution in [2.45, 2.75) is 51.9 Å². The van der Waals surface area contributed by atoms with Gasteiger partial charge in [-0.15, -0.1) is 0 Å². The number of carbonyl (C=O) groups is 1. The van der Waals surface area contributed by atoms with Crippen molar-refractivity contribution in [3.05, 3.63) is 24.3 Å². The van der Waals surface area contributed by atoms with Crippen LogP contribution in [0.15, 0.2) is 24.3 Å². The van der Waals surface area contributed by atoms with Gasteiger partial charge in [-0.25, -0.2) is 0 Å². The van der Waals surface area contributed by atoms with E-state index in [1.54, 1.807) is 0 Å². The highest BCUT2D eigenvalue weighted by molar-refractivity contribution is 5.71. The quantitative estimate of drug-likeness (QED) is 0.469. The predicted octanol–water partition coefficient (Wildman–Crippen LogP) is 4.02. The van der Waals surface area contributed by atoms with Gasteiger partial charge in [-0.3, -0.25) is 4.79 Å². The van der Waals surface area contributed by atoms with Crippen molar-refractivity contribution in [3.8, 4) is 0 Å². The number of rotatable bonds is 0. The second kappa shape index (κ2) is 9.03. The molecule has 0 fully saturated rings. The summed E-state index contributed by atoms with van der Waals surface area (Å²) in [5.74, 6) is 0.552. The zero-order valence-corrected chi connectivity index (χ0v) is 10.9. The lowest BCUT2D eigenvalue weighted by molar-refractivity contribution is -0.142. The maximum atomic E-state index is 11.3. The first-order valence-electron chi connectivity index (χ1n) is 6.74. The van der Waals surface area contributed by atoms with Crippen LogP contribution in [0.2, 0.25) is 0 Å². The van der Waals surface area contributed by atoms with Crippen LogP contribution in [0.1, 0.15) is 51.9 Å². The van der Waals surface area contributed by atoms with Crippen molar-refractivity contribution in [2.24, 2.45) is 5.92 Å². The molecule has 0 amide bonds. The first-order chi connectivity index (χ1) is 8.29. The molecule has 0 aromatic rings. The summed E-state index contributed by atoms with van der Waals surface area (Å²) in [5, 5.41) is 0. The Morgan fingerprint density at radius 1 is 1.06 bits per heavy atom. The number of hydrogen-bond acceptors (Lipinski definition) is 2. The monoisotopic (exact) mass is 236 g/mol. The molecule has 1 aliphatic heterocycles. The van der Waals surface area contributed by atoms with Crippen LogP contribution in [0.25, 0.3) is 0 Å². The van der Waals surface area contributed by atoms with Gasteiger partial charge in [0.1, 0.15) is 0 Å². The van der Waals surface area contributed by atoms with Gasteiger partial charge in [-0.1, -0.05) is 37.6 Å². The van der Waals surface area contributed by atoms with E-state index in [1.807, 2.05) is 6.08 Å². The Kier molecular flexibility index (Phi) is 7.44. The fourth-order valence-corrected chi connectivity index (χ4v) is 1.89. The molecule has 0 saturated heterocycles. The second-order valence-electron chi connectivity index (χ2n) is 4.77. The lowest BCUT2D eigenvalue weighted by Gasteiger charge is -2.10. The van der Waals surface area contributed by atoms with Crippen molar-refractivity contribution in [2.75, 3.05) is 6.61 Å². The maximum absolute atomic E-state index is 11.3. The summed E-state index contributed by atoms with van der Waals surface area (Å²) in [7, 11) is 0. The van der Waals surface area contributed by atoms with Crippen LogP contribution in [0, 0.1) is 5.92 Å². The van der Waals surface area contributed by atoms with E-state index >= 15 is 0 Å². The summed E-state index contributed by atoms with van der Waals surface area (Å²) in [4.78, 5) is 11.3. The third-order valence-electron chi connectivity index (χ3n) is 3.06. The fraction of sp³-hybridized carbons (Fsp3) is 0.667. The van der Waals surface area contributed by atoms with Gasteiger partial charge < -0.3 is 4.74 Å². The van der Waals surface area contributed by atoms with Crippen molar-refractivity contribution in [1.29, 1.82) is 0 Å². The van der Waals surface area contributed by atoms with Crippen LogP contribution in [0.4, 0.5) is 0 Å². The van der Waals surface area contributed by atoms with Gasteiger partial charge in [0.25, 0.3) is 0 Å². The second-order valence-corrected chi connectivity index (χ2v) is 4.77. The highest BCUT2D eigenvalue weighted by atomic mass is 16.5. The lowest BCUT2D eigenvalue weighted by Crippen LogP contribution is -2.07. The Labute approximate surface area is 105 Å². The molecular formula is C15H24O2. The molecule has 1 heterocycles. The van der Waals surface area contributed by atoms with Gasteiger partial charge in [0.15, 0.2) is 0 Å². The van der Waals surface area contributed by atoms with E-state index in [2.05, 4.69) is 25.2 Å². The number of ether oxygens (including phenoxy) is 1. The number of hydrogen-bond donors (Lipinski definition) is 0. The molecular weight excluding hydrogens is 212 g/mol. The summed E-state index contributed by atoms with van der Waals surface area (Å²) in [5.41, 5.74) is 0. The molecule has 0 aliphatic carbocycles. The van der Waals surface area contributed by atoms with Crippen LogP contribution in [0.5, 0.6) is 0 Å². The van der Waals surface area contributed by atoms with E-state index in [9.17, 15) is 4.79 Å². The van der Waals surface area contributed by atoms with Crippen molar-refractivity contribution in [1.82, 2.24) is 0 Å². The fourth-order valence-electron chi connectivity index (χ4n) is 1.89. The van der Waals surface area contributed by atoms with Gasteiger partial charge in [0.2, 0.25) is 0 Å². The molecule has 2 heteroatoms. The average molecular weight is 236 g/mol. The largest absolute Gasteiger partial charge is 0.465 e. The maximum Gasteiger partial charge on any atom is 0.309 e. The molecule has 1 rings (SSSR count). The molecule has 1 unspecified atom stereocenters. The first kappa shape index (κ1) is 14.0. The topological polar surface area (TPSA) is 26.3 Å². The van der Waals surface area contributed by atoms with Crippen molar-refractivity contribution < 1.29 is 9.53 Å². The molecule has 0 radical (unpaired) electrons. The molecule has 96 valence electrons. The summed E-state index contributed by atoms with van der Waals surface area (Å²) in [6.07, 6.45) is 15.6. The number of allylic oxidation sites excluding steroid dienone is 3. The predicted molar refractivity (Wildman–Crippen MR) is 70.7 cm³/mol. The Bertz CT molecular complexity index is 266. The minimum absolute atomic E-state index is 0.0983. The van der Waals surface area contributed by atoms with Gasteiger partial charge in [0, 0.05) is 0 Å². The van der Waals surface area contributed by atoms with Crippen LogP contribution in [-0.2, 0) is 9.53 Å². The molecule has 1 atom stereocenters. The molecule has 0 N–H and O–H groups in total. The van der Waals surface area contributed by atoms with E-state index in [0.29, 0.717) is 18.9 Å². The molecule has 2 nitrogen and oxygen atoms in total. The molecule has 0 aromatic carbocycles. The number of cyclic esters (lactones) is 1. The normalized spacial score (nSPS) is 24.8. The number of carbonyl (C=O) groups excluding carboxylic acids is 1. The van der Waals surface area contributed by atoms with E-state index in [-0.39, 0.29) is 5.97 Å². The molecule has 1 aliphatic rings. The molecule has 0 spiro atoms. The molecule has 0 aromatic heterocycles. The van der Waals surface area contributed by atoms with Crippen LogP contribution < -0.4 is 0 Å². The minimum atomic E-state index is -0.0983. The summed E-state index contributed by atoms with van der Waals surface area (Å²) < 4.78 is 5.18. The average Bonchev–Trinajstić information content (AvgIpc) is 2.31. The van der Waals surface area contributed by atoms with Gasteiger partial charge in [-0.05, 0) is 38.0 Å². The third-order valence-corrected chi connectivity index (χ3v) is 3.06. The zero-order chi connectivity index (χ0) is 12.3. The van der Waals surface area contributed by atoms with Crippen molar-refractivity contribution in [3.63, 3.8) is 0 Å². The first-order valence-corrected chi connectivity index (χ1v) is 6.74. The third kappa shape index (κ3) is 7.78. The van der Waals surface area contributed by atoms with Gasteiger partial charge in [0.05, 0.1) is 13.0 Å². The summed E-state index contributed by atoms with van der Waals surface area (Å²) >= 11 is 0. The Morgan fingerprint density at radius 2 is 1.76 bits per heavy atom. The van der Waals surface area contributed by atoms with E-state index in [0.717, 1.165) is 19.3 Å². The van der Waals surface area contributed by atoms with Crippen molar-refractivity contribution >= 4 is 5.97 Å². The highest BCUT2D eigenvalue weighted by Crippen LogP contribution is 2.13. The summed E-state index contributed by atoms with van der Waals surface area (Å²) in [6.45, 7) is 2.80. The van der Waals surface area contributed by atoms with E-state index in [4.69, 9.17) is 4.74 Å².